The second-order valence-corrected chi connectivity index (χ2v) is 7.09. The van der Waals surface area contributed by atoms with Crippen LogP contribution in [-0.2, 0) is 4.79 Å². The van der Waals surface area contributed by atoms with E-state index < -0.39 is 0 Å². The summed E-state index contributed by atoms with van der Waals surface area (Å²) in [5.41, 5.74) is 4.97. The standard InChI is InChI=1S/C16H14Cl2N4O2S/c1-8-4-10(6-13-15(8)21-16(22-19)25-13)20-14(23)7-24-12-3-2-9(17)5-11(12)18/h2-6H,7,19H2,1H3,(H,20,23)(H,21,22). The number of hydrogen-bond acceptors (Lipinski definition) is 6. The summed E-state index contributed by atoms with van der Waals surface area (Å²) >= 11 is 13.2. The van der Waals surface area contributed by atoms with Gasteiger partial charge in [-0.1, -0.05) is 34.5 Å². The molecule has 0 saturated heterocycles. The van der Waals surface area contributed by atoms with Gasteiger partial charge >= 0.3 is 0 Å². The molecule has 4 N–H and O–H groups in total. The Morgan fingerprint density at radius 1 is 1.32 bits per heavy atom. The molecule has 3 aromatic rings. The monoisotopic (exact) mass is 396 g/mol. The lowest BCUT2D eigenvalue weighted by Gasteiger charge is -2.09. The Labute approximate surface area is 157 Å². The number of nitrogens with two attached hydrogens (primary N) is 1. The van der Waals surface area contributed by atoms with E-state index in [4.69, 9.17) is 33.8 Å². The van der Waals surface area contributed by atoms with E-state index in [0.717, 1.165) is 15.8 Å². The lowest BCUT2D eigenvalue weighted by molar-refractivity contribution is -0.118. The number of carbonyl (C=O) groups excluding carboxylic acids is 1. The van der Waals surface area contributed by atoms with E-state index in [-0.39, 0.29) is 12.5 Å². The van der Waals surface area contributed by atoms with Crippen molar-refractivity contribution in [2.24, 2.45) is 5.84 Å². The first-order valence-corrected chi connectivity index (χ1v) is 8.79. The average Bonchev–Trinajstić information content (AvgIpc) is 2.98. The quantitative estimate of drug-likeness (QED) is 0.443. The Morgan fingerprint density at radius 3 is 2.84 bits per heavy atom. The van der Waals surface area contributed by atoms with Crippen LogP contribution in [0, 0.1) is 6.92 Å². The molecule has 0 fully saturated rings. The lowest BCUT2D eigenvalue weighted by Crippen LogP contribution is -2.20. The topological polar surface area (TPSA) is 89.3 Å². The number of carbonyl (C=O) groups is 1. The summed E-state index contributed by atoms with van der Waals surface area (Å²) in [6.07, 6.45) is 0. The molecule has 25 heavy (non-hydrogen) atoms. The number of anilines is 2. The zero-order chi connectivity index (χ0) is 18.0. The van der Waals surface area contributed by atoms with Crippen molar-refractivity contribution in [1.29, 1.82) is 0 Å². The third-order valence-corrected chi connectivity index (χ3v) is 4.81. The highest BCUT2D eigenvalue weighted by atomic mass is 35.5. The largest absolute Gasteiger partial charge is 0.482 e. The molecule has 0 atom stereocenters. The van der Waals surface area contributed by atoms with Crippen LogP contribution in [0.1, 0.15) is 5.56 Å². The van der Waals surface area contributed by atoms with Crippen molar-refractivity contribution in [3.8, 4) is 5.75 Å². The first-order chi connectivity index (χ1) is 12.0. The van der Waals surface area contributed by atoms with E-state index in [1.54, 1.807) is 18.2 Å². The van der Waals surface area contributed by atoms with E-state index in [1.165, 1.54) is 11.3 Å². The Kier molecular flexibility index (Phi) is 5.29. The number of aryl methyl sites for hydroxylation is 1. The van der Waals surface area contributed by atoms with Crippen molar-refractivity contribution in [2.75, 3.05) is 17.3 Å². The minimum absolute atomic E-state index is 0.170. The van der Waals surface area contributed by atoms with Crippen LogP contribution in [0.4, 0.5) is 10.8 Å². The Hall–Kier alpha value is -2.06. The maximum atomic E-state index is 12.1. The van der Waals surface area contributed by atoms with E-state index >= 15 is 0 Å². The van der Waals surface area contributed by atoms with Gasteiger partial charge in [-0.05, 0) is 42.8 Å². The van der Waals surface area contributed by atoms with Gasteiger partial charge in [-0.2, -0.15) is 0 Å². The predicted octanol–water partition coefficient (Wildman–Crippen LogP) is 4.21. The molecule has 6 nitrogen and oxygen atoms in total. The maximum absolute atomic E-state index is 12.1. The maximum Gasteiger partial charge on any atom is 0.262 e. The predicted molar refractivity (Wildman–Crippen MR) is 103 cm³/mol. The molecule has 0 aliphatic heterocycles. The number of aromatic nitrogens is 1. The highest BCUT2D eigenvalue weighted by Crippen LogP contribution is 2.31. The minimum atomic E-state index is -0.300. The van der Waals surface area contributed by atoms with Gasteiger partial charge < -0.3 is 10.1 Å². The summed E-state index contributed by atoms with van der Waals surface area (Å²) in [6, 6.07) is 8.50. The number of hydrogen-bond donors (Lipinski definition) is 3. The molecule has 0 spiro atoms. The number of benzene rings is 2. The van der Waals surface area contributed by atoms with Gasteiger partial charge in [0, 0.05) is 10.7 Å². The van der Waals surface area contributed by atoms with Crippen molar-refractivity contribution in [2.45, 2.75) is 6.92 Å². The molecule has 2 aromatic carbocycles. The van der Waals surface area contributed by atoms with Gasteiger partial charge in [-0.3, -0.25) is 10.2 Å². The van der Waals surface area contributed by atoms with Crippen molar-refractivity contribution >= 4 is 61.5 Å². The zero-order valence-electron chi connectivity index (χ0n) is 13.1. The Balaban J connectivity index is 1.69. The van der Waals surface area contributed by atoms with Crippen LogP contribution in [-0.4, -0.2) is 17.5 Å². The molecule has 0 aliphatic carbocycles. The van der Waals surface area contributed by atoms with Crippen LogP contribution in [0.15, 0.2) is 30.3 Å². The molecule has 0 unspecified atom stereocenters. The van der Waals surface area contributed by atoms with Gasteiger partial charge in [0.05, 0.1) is 15.2 Å². The smallest absolute Gasteiger partial charge is 0.262 e. The highest BCUT2D eigenvalue weighted by molar-refractivity contribution is 7.22. The van der Waals surface area contributed by atoms with E-state index in [2.05, 4.69) is 15.7 Å². The van der Waals surface area contributed by atoms with Crippen LogP contribution >= 0.6 is 34.5 Å². The SMILES string of the molecule is Cc1cc(NC(=O)COc2ccc(Cl)cc2Cl)cc2sc(NN)nc12. The van der Waals surface area contributed by atoms with E-state index in [1.807, 2.05) is 19.1 Å². The first kappa shape index (κ1) is 17.8. The van der Waals surface area contributed by atoms with Gasteiger partial charge in [-0.15, -0.1) is 0 Å². The van der Waals surface area contributed by atoms with Crippen molar-refractivity contribution < 1.29 is 9.53 Å². The summed E-state index contributed by atoms with van der Waals surface area (Å²) in [5.74, 6) is 5.49. The molecular formula is C16H14Cl2N4O2S. The molecular weight excluding hydrogens is 383 g/mol. The molecule has 0 bridgehead atoms. The molecule has 3 rings (SSSR count). The van der Waals surface area contributed by atoms with Crippen LogP contribution in [0.25, 0.3) is 10.2 Å². The van der Waals surface area contributed by atoms with Crippen molar-refractivity contribution in [3.63, 3.8) is 0 Å². The van der Waals surface area contributed by atoms with Crippen molar-refractivity contribution in [3.05, 3.63) is 45.9 Å². The number of fused-ring (bicyclic) bond motifs is 1. The molecule has 9 heteroatoms. The summed E-state index contributed by atoms with van der Waals surface area (Å²) in [4.78, 5) is 16.5. The summed E-state index contributed by atoms with van der Waals surface area (Å²) in [5, 5.41) is 4.26. The summed E-state index contributed by atoms with van der Waals surface area (Å²) in [6.45, 7) is 1.75. The number of hydrazine groups is 1. The third kappa shape index (κ3) is 4.13. The normalized spacial score (nSPS) is 10.7. The van der Waals surface area contributed by atoms with Gasteiger partial charge in [0.15, 0.2) is 11.7 Å². The number of thiazole rings is 1. The minimum Gasteiger partial charge on any atom is -0.482 e. The second-order valence-electron chi connectivity index (χ2n) is 5.21. The summed E-state index contributed by atoms with van der Waals surface area (Å²) in [7, 11) is 0. The number of nitrogen functional groups attached to an aromatic ring is 1. The molecule has 0 radical (unpaired) electrons. The second kappa shape index (κ2) is 7.45. The number of nitrogens with one attached hydrogen (secondary N) is 2. The van der Waals surface area contributed by atoms with Gasteiger partial charge in [-0.25, -0.2) is 10.8 Å². The highest BCUT2D eigenvalue weighted by Gasteiger charge is 2.11. The van der Waals surface area contributed by atoms with Crippen LogP contribution in [0.3, 0.4) is 0 Å². The molecule has 0 aliphatic rings. The Morgan fingerprint density at radius 2 is 2.12 bits per heavy atom. The average molecular weight is 397 g/mol. The van der Waals surface area contributed by atoms with Crippen LogP contribution in [0.2, 0.25) is 10.0 Å². The summed E-state index contributed by atoms with van der Waals surface area (Å²) < 4.78 is 6.35. The number of halogens is 2. The number of nitrogens with zero attached hydrogens (tertiary/aromatic N) is 1. The van der Waals surface area contributed by atoms with Crippen molar-refractivity contribution in [1.82, 2.24) is 4.98 Å². The van der Waals surface area contributed by atoms with Gasteiger partial charge in [0.1, 0.15) is 5.75 Å². The fourth-order valence-corrected chi connectivity index (χ4v) is 3.62. The van der Waals surface area contributed by atoms with E-state index in [9.17, 15) is 4.79 Å². The number of rotatable bonds is 5. The molecule has 0 saturated carbocycles. The van der Waals surface area contributed by atoms with Crippen LogP contribution in [0.5, 0.6) is 5.75 Å². The molecule has 1 amide bonds. The zero-order valence-corrected chi connectivity index (χ0v) is 15.4. The molecule has 1 aromatic heterocycles. The van der Waals surface area contributed by atoms with Crippen LogP contribution < -0.4 is 21.3 Å². The van der Waals surface area contributed by atoms with E-state index in [0.29, 0.717) is 26.6 Å². The number of ether oxygens (including phenoxy) is 1. The lowest BCUT2D eigenvalue weighted by atomic mass is 10.2. The third-order valence-electron chi connectivity index (χ3n) is 3.35. The fraction of sp³-hybridized carbons (Fsp3) is 0.125. The fourth-order valence-electron chi connectivity index (χ4n) is 2.26. The number of amides is 1. The molecule has 1 heterocycles. The molecule has 130 valence electrons. The van der Waals surface area contributed by atoms with Gasteiger partial charge in [0.2, 0.25) is 0 Å². The first-order valence-electron chi connectivity index (χ1n) is 7.22. The Bertz CT molecular complexity index is 945. The van der Waals surface area contributed by atoms with Gasteiger partial charge in [0.25, 0.3) is 5.91 Å².